The fraction of sp³-hybridized carbons (Fsp3) is 0.217. The van der Waals surface area contributed by atoms with Gasteiger partial charge in [0, 0.05) is 17.5 Å². The van der Waals surface area contributed by atoms with Gasteiger partial charge in [-0.3, -0.25) is 14.4 Å². The smallest absolute Gasteiger partial charge is 0.275 e. The largest absolute Gasteiger partial charge is 0.324 e. The second-order valence-electron chi connectivity index (χ2n) is 7.52. The van der Waals surface area contributed by atoms with E-state index in [1.54, 1.807) is 0 Å². The first-order chi connectivity index (χ1) is 15.3. The van der Waals surface area contributed by atoms with E-state index in [4.69, 9.17) is 0 Å². The third-order valence-corrected chi connectivity index (χ3v) is 6.32. The summed E-state index contributed by atoms with van der Waals surface area (Å²) in [7, 11) is 0. The van der Waals surface area contributed by atoms with Gasteiger partial charge in [0.2, 0.25) is 5.91 Å². The molecule has 1 saturated heterocycles. The second kappa shape index (κ2) is 8.96. The lowest BCUT2D eigenvalue weighted by Crippen LogP contribution is -2.45. The molecule has 0 radical (unpaired) electrons. The maximum Gasteiger partial charge on any atom is 0.275 e. The Balaban J connectivity index is 1.56. The molecule has 2 amide bonds. The molecule has 0 saturated carbocycles. The van der Waals surface area contributed by atoms with Crippen LogP contribution in [0.4, 0.5) is 10.1 Å². The molecule has 0 bridgehead atoms. The van der Waals surface area contributed by atoms with Gasteiger partial charge in [-0.15, -0.1) is 11.8 Å². The van der Waals surface area contributed by atoms with Crippen LogP contribution < -0.4 is 10.9 Å². The molecule has 2 heterocycles. The Morgan fingerprint density at radius 1 is 1.06 bits per heavy atom. The molecule has 1 aromatic heterocycles. The molecular weight excluding hydrogens is 431 g/mol. The van der Waals surface area contributed by atoms with Crippen molar-refractivity contribution in [2.45, 2.75) is 19.9 Å². The van der Waals surface area contributed by atoms with Gasteiger partial charge in [-0.2, -0.15) is 9.78 Å². The van der Waals surface area contributed by atoms with Gasteiger partial charge < -0.3 is 10.2 Å². The highest BCUT2D eigenvalue weighted by Crippen LogP contribution is 2.24. The molecule has 9 heteroatoms. The van der Waals surface area contributed by atoms with Gasteiger partial charge in [-0.25, -0.2) is 4.39 Å². The lowest BCUT2D eigenvalue weighted by Gasteiger charge is -2.23. The number of aromatic nitrogens is 2. The van der Waals surface area contributed by atoms with Crippen LogP contribution in [0.25, 0.3) is 5.69 Å². The number of thioether (sulfide) groups is 1. The number of hydrogen-bond donors (Lipinski definition) is 1. The number of carbonyl (C=O) groups excluding carboxylic acids is 2. The van der Waals surface area contributed by atoms with Crippen molar-refractivity contribution in [1.82, 2.24) is 14.7 Å². The number of nitrogens with one attached hydrogen (secondary N) is 1. The van der Waals surface area contributed by atoms with Crippen LogP contribution in [-0.4, -0.2) is 44.2 Å². The highest BCUT2D eigenvalue weighted by molar-refractivity contribution is 7.99. The van der Waals surface area contributed by atoms with Crippen LogP contribution in [-0.2, 0) is 4.79 Å². The monoisotopic (exact) mass is 452 g/mol. The van der Waals surface area contributed by atoms with Crippen LogP contribution in [0.5, 0.6) is 0 Å². The summed E-state index contributed by atoms with van der Waals surface area (Å²) in [5.74, 6) is -0.383. The van der Waals surface area contributed by atoms with Gasteiger partial charge in [0.15, 0.2) is 0 Å². The molecule has 32 heavy (non-hydrogen) atoms. The number of carbonyl (C=O) groups is 2. The summed E-state index contributed by atoms with van der Waals surface area (Å²) in [6.45, 7) is 3.96. The van der Waals surface area contributed by atoms with E-state index in [0.29, 0.717) is 23.0 Å². The van der Waals surface area contributed by atoms with Crippen molar-refractivity contribution in [2.75, 3.05) is 16.9 Å². The lowest BCUT2D eigenvalue weighted by atomic mass is 10.1. The van der Waals surface area contributed by atoms with Gasteiger partial charge in [0.25, 0.3) is 11.5 Å². The minimum Gasteiger partial charge on any atom is -0.324 e. The number of amides is 2. The highest BCUT2D eigenvalue weighted by Gasteiger charge is 2.36. The van der Waals surface area contributed by atoms with Crippen molar-refractivity contribution in [2.24, 2.45) is 0 Å². The zero-order chi connectivity index (χ0) is 22.8. The molecule has 1 N–H and O–H groups in total. The van der Waals surface area contributed by atoms with E-state index >= 15 is 0 Å². The zero-order valence-corrected chi connectivity index (χ0v) is 18.4. The van der Waals surface area contributed by atoms with Gasteiger partial charge in [0.1, 0.15) is 17.6 Å². The lowest BCUT2D eigenvalue weighted by molar-refractivity contribution is -0.119. The van der Waals surface area contributed by atoms with Crippen LogP contribution in [0.3, 0.4) is 0 Å². The fourth-order valence-electron chi connectivity index (χ4n) is 3.34. The number of halogens is 1. The van der Waals surface area contributed by atoms with E-state index in [2.05, 4.69) is 10.4 Å². The maximum atomic E-state index is 13.2. The van der Waals surface area contributed by atoms with Crippen LogP contribution >= 0.6 is 11.8 Å². The summed E-state index contributed by atoms with van der Waals surface area (Å²) in [5, 5.41) is 7.05. The Hall–Kier alpha value is -3.46. The summed E-state index contributed by atoms with van der Waals surface area (Å²) in [5.41, 5.74) is 2.77. The van der Waals surface area contributed by atoms with Crippen molar-refractivity contribution < 1.29 is 14.0 Å². The number of hydrogen-bond acceptors (Lipinski definition) is 5. The Morgan fingerprint density at radius 3 is 2.53 bits per heavy atom. The van der Waals surface area contributed by atoms with Crippen molar-refractivity contribution in [3.63, 3.8) is 0 Å². The van der Waals surface area contributed by atoms with E-state index in [0.717, 1.165) is 15.8 Å². The first-order valence-electron chi connectivity index (χ1n) is 9.96. The van der Waals surface area contributed by atoms with E-state index in [1.165, 1.54) is 53.1 Å². The number of nitrogens with zero attached hydrogens (tertiary/aromatic N) is 3. The number of aryl methyl sites for hydroxylation is 2. The predicted molar refractivity (Wildman–Crippen MR) is 122 cm³/mol. The van der Waals surface area contributed by atoms with Crippen LogP contribution in [0.1, 0.15) is 21.6 Å². The summed E-state index contributed by atoms with van der Waals surface area (Å²) in [4.78, 5) is 39.7. The topological polar surface area (TPSA) is 84.3 Å². The average Bonchev–Trinajstić information content (AvgIpc) is 3.27. The van der Waals surface area contributed by atoms with Gasteiger partial charge in [-0.1, -0.05) is 6.07 Å². The predicted octanol–water partition coefficient (Wildman–Crippen LogP) is 3.14. The highest BCUT2D eigenvalue weighted by atomic mass is 32.2. The van der Waals surface area contributed by atoms with E-state index < -0.39 is 23.3 Å². The van der Waals surface area contributed by atoms with Gasteiger partial charge in [0.05, 0.1) is 11.6 Å². The van der Waals surface area contributed by atoms with E-state index in [-0.39, 0.29) is 11.6 Å². The van der Waals surface area contributed by atoms with Crippen LogP contribution in [0.15, 0.2) is 59.4 Å². The van der Waals surface area contributed by atoms with Crippen LogP contribution in [0.2, 0.25) is 0 Å². The summed E-state index contributed by atoms with van der Waals surface area (Å²) in [6, 6.07) is 12.8. The first-order valence-corrected chi connectivity index (χ1v) is 11.1. The Labute approximate surface area is 188 Å². The van der Waals surface area contributed by atoms with Gasteiger partial charge in [-0.05, 0) is 67.4 Å². The second-order valence-corrected chi connectivity index (χ2v) is 8.52. The third kappa shape index (κ3) is 4.43. The molecule has 1 unspecified atom stereocenters. The average molecular weight is 453 g/mol. The SMILES string of the molecule is Cc1ccc(NC(=O)C2CSCN2C(=O)c2ccc(=O)n(-c3ccc(F)cc3)n2)cc1C. The standard InChI is InChI=1S/C23H21FN4O3S/c1-14-3-6-17(11-15(14)2)25-22(30)20-12-32-13-27(20)23(31)19-9-10-21(29)28(26-19)18-7-4-16(24)5-8-18/h3-11,20H,12-13H2,1-2H3,(H,25,30). The van der Waals surface area contributed by atoms with Gasteiger partial charge >= 0.3 is 0 Å². The zero-order valence-electron chi connectivity index (χ0n) is 17.5. The summed E-state index contributed by atoms with van der Waals surface area (Å²) < 4.78 is 14.3. The van der Waals surface area contributed by atoms with Crippen LogP contribution in [0, 0.1) is 19.7 Å². The normalized spacial score (nSPS) is 15.6. The third-order valence-electron chi connectivity index (χ3n) is 5.31. The minimum atomic E-state index is -0.665. The minimum absolute atomic E-state index is 0.0282. The molecule has 0 aliphatic carbocycles. The molecule has 1 aliphatic heterocycles. The number of anilines is 1. The molecule has 1 atom stereocenters. The van der Waals surface area contributed by atoms with Crippen molar-refractivity contribution in [3.8, 4) is 5.69 Å². The summed E-state index contributed by atoms with van der Waals surface area (Å²) >= 11 is 1.47. The molecule has 3 aromatic rings. The molecule has 7 nitrogen and oxygen atoms in total. The molecule has 1 fully saturated rings. The molecule has 2 aromatic carbocycles. The van der Waals surface area contributed by atoms with E-state index in [1.807, 2.05) is 32.0 Å². The van der Waals surface area contributed by atoms with Crippen molar-refractivity contribution >= 4 is 29.3 Å². The molecule has 1 aliphatic rings. The van der Waals surface area contributed by atoms with Crippen molar-refractivity contribution in [3.05, 3.63) is 87.6 Å². The molecule has 164 valence electrons. The maximum absolute atomic E-state index is 13.2. The first kappa shape index (κ1) is 21.8. The number of benzene rings is 2. The Kier molecular flexibility index (Phi) is 6.09. The quantitative estimate of drug-likeness (QED) is 0.658. The molecule has 4 rings (SSSR count). The number of rotatable bonds is 4. The summed E-state index contributed by atoms with van der Waals surface area (Å²) in [6.07, 6.45) is 0. The Morgan fingerprint density at radius 2 is 1.81 bits per heavy atom. The molecular formula is C23H21FN4O3S. The Bertz CT molecular complexity index is 1240. The fourth-order valence-corrected chi connectivity index (χ4v) is 4.50. The molecule has 0 spiro atoms. The van der Waals surface area contributed by atoms with Crippen molar-refractivity contribution in [1.29, 1.82) is 0 Å². The van der Waals surface area contributed by atoms with E-state index in [9.17, 15) is 18.8 Å².